The summed E-state index contributed by atoms with van der Waals surface area (Å²) in [4.78, 5) is 27.3. The van der Waals surface area contributed by atoms with Crippen molar-refractivity contribution in [3.63, 3.8) is 0 Å². The molecule has 2 aliphatic rings. The van der Waals surface area contributed by atoms with Crippen LogP contribution in [0.25, 0.3) is 0 Å². The molecule has 1 N–H and O–H groups in total. The highest BCUT2D eigenvalue weighted by atomic mass is 16.2. The lowest BCUT2D eigenvalue weighted by atomic mass is 9.69. The fourth-order valence-electron chi connectivity index (χ4n) is 3.57. The number of hydrogen-bond acceptors (Lipinski definition) is 2. The molecule has 1 aliphatic carbocycles. The zero-order chi connectivity index (χ0) is 15.8. The number of nitrogens with one attached hydrogen (secondary N) is 1. The zero-order valence-corrected chi connectivity index (χ0v) is 14.1. The highest BCUT2D eigenvalue weighted by molar-refractivity contribution is 5.97. The summed E-state index contributed by atoms with van der Waals surface area (Å²) in [6.45, 7) is 11.1. The number of carbonyl (C=O) groups is 2. The minimum Gasteiger partial charge on any atom is -0.342 e. The molecule has 0 aromatic heterocycles. The van der Waals surface area contributed by atoms with E-state index in [9.17, 15) is 9.59 Å². The van der Waals surface area contributed by atoms with Crippen molar-refractivity contribution in [2.75, 3.05) is 6.54 Å². The summed E-state index contributed by atoms with van der Waals surface area (Å²) < 4.78 is 0. The van der Waals surface area contributed by atoms with Gasteiger partial charge in [-0.2, -0.15) is 0 Å². The van der Waals surface area contributed by atoms with E-state index in [0.717, 1.165) is 25.8 Å². The molecule has 0 bridgehead atoms. The number of carbonyl (C=O) groups excluding carboxylic acids is 2. The number of piperazine rings is 1. The lowest BCUT2D eigenvalue weighted by molar-refractivity contribution is -0.155. The van der Waals surface area contributed by atoms with Crippen LogP contribution in [0.15, 0.2) is 0 Å². The fraction of sp³-hybridized carbons (Fsp3) is 0.882. The number of nitrogens with zero attached hydrogens (tertiary/aromatic N) is 1. The third-order valence-electron chi connectivity index (χ3n) is 5.41. The van der Waals surface area contributed by atoms with Crippen molar-refractivity contribution in [2.24, 2.45) is 17.3 Å². The first-order chi connectivity index (χ1) is 9.79. The van der Waals surface area contributed by atoms with Gasteiger partial charge in [0.05, 0.1) is 0 Å². The van der Waals surface area contributed by atoms with Crippen molar-refractivity contribution in [3.8, 4) is 0 Å². The van der Waals surface area contributed by atoms with E-state index < -0.39 is 0 Å². The van der Waals surface area contributed by atoms with Crippen LogP contribution >= 0.6 is 0 Å². The second-order valence-corrected chi connectivity index (χ2v) is 7.69. The number of rotatable bonds is 5. The SMILES string of the molecule is CCC(C)C1NC(=O)C(C(C)C)N(CC2(C)CCC2)C1=O. The number of hydrogen-bond donors (Lipinski definition) is 1. The molecule has 1 saturated carbocycles. The first kappa shape index (κ1) is 16.3. The van der Waals surface area contributed by atoms with Gasteiger partial charge in [-0.05, 0) is 30.1 Å². The molecule has 1 aliphatic heterocycles. The molecular formula is C17H30N2O2. The van der Waals surface area contributed by atoms with Gasteiger partial charge in [-0.25, -0.2) is 0 Å². The molecule has 2 amide bonds. The molecule has 21 heavy (non-hydrogen) atoms. The van der Waals surface area contributed by atoms with Crippen LogP contribution in [0.4, 0.5) is 0 Å². The first-order valence-corrected chi connectivity index (χ1v) is 8.40. The van der Waals surface area contributed by atoms with E-state index in [1.807, 2.05) is 25.7 Å². The molecule has 0 aromatic carbocycles. The molecule has 4 nitrogen and oxygen atoms in total. The lowest BCUT2D eigenvalue weighted by Gasteiger charge is -2.48. The lowest BCUT2D eigenvalue weighted by Crippen LogP contribution is -2.67. The summed E-state index contributed by atoms with van der Waals surface area (Å²) in [6, 6.07) is -0.656. The Morgan fingerprint density at radius 3 is 2.33 bits per heavy atom. The largest absolute Gasteiger partial charge is 0.342 e. The molecular weight excluding hydrogens is 264 g/mol. The van der Waals surface area contributed by atoms with E-state index >= 15 is 0 Å². The average Bonchev–Trinajstić information content (AvgIpc) is 2.39. The van der Waals surface area contributed by atoms with E-state index in [2.05, 4.69) is 19.2 Å². The Morgan fingerprint density at radius 2 is 1.90 bits per heavy atom. The van der Waals surface area contributed by atoms with Gasteiger partial charge >= 0.3 is 0 Å². The van der Waals surface area contributed by atoms with E-state index in [-0.39, 0.29) is 41.1 Å². The van der Waals surface area contributed by atoms with Crippen molar-refractivity contribution in [1.82, 2.24) is 10.2 Å². The maximum Gasteiger partial charge on any atom is 0.246 e. The van der Waals surface area contributed by atoms with Gasteiger partial charge in [-0.1, -0.05) is 47.5 Å². The van der Waals surface area contributed by atoms with E-state index in [4.69, 9.17) is 0 Å². The predicted octanol–water partition coefficient (Wildman–Crippen LogP) is 2.57. The normalized spacial score (nSPS) is 30.1. The summed E-state index contributed by atoms with van der Waals surface area (Å²) in [5.41, 5.74) is 0.209. The fourth-order valence-corrected chi connectivity index (χ4v) is 3.57. The molecule has 2 fully saturated rings. The Labute approximate surface area is 128 Å². The van der Waals surface area contributed by atoms with Crippen molar-refractivity contribution in [1.29, 1.82) is 0 Å². The quantitative estimate of drug-likeness (QED) is 0.847. The monoisotopic (exact) mass is 294 g/mol. The van der Waals surface area contributed by atoms with Crippen molar-refractivity contribution < 1.29 is 9.59 Å². The molecule has 0 aromatic rings. The van der Waals surface area contributed by atoms with Gasteiger partial charge in [0.2, 0.25) is 11.8 Å². The Balaban J connectivity index is 2.23. The van der Waals surface area contributed by atoms with Crippen molar-refractivity contribution >= 4 is 11.8 Å². The predicted molar refractivity (Wildman–Crippen MR) is 83.7 cm³/mol. The summed E-state index contributed by atoms with van der Waals surface area (Å²) in [6.07, 6.45) is 4.47. The van der Waals surface area contributed by atoms with Crippen molar-refractivity contribution in [3.05, 3.63) is 0 Å². The van der Waals surface area contributed by atoms with E-state index in [1.54, 1.807) is 0 Å². The van der Waals surface area contributed by atoms with Crippen LogP contribution in [0, 0.1) is 17.3 Å². The van der Waals surface area contributed by atoms with Crippen LogP contribution in [-0.4, -0.2) is 35.3 Å². The summed E-state index contributed by atoms with van der Waals surface area (Å²) in [7, 11) is 0. The Morgan fingerprint density at radius 1 is 1.29 bits per heavy atom. The Hall–Kier alpha value is -1.06. The third-order valence-corrected chi connectivity index (χ3v) is 5.41. The van der Waals surface area contributed by atoms with Gasteiger partial charge in [0.1, 0.15) is 12.1 Å². The summed E-state index contributed by atoms with van der Waals surface area (Å²) in [5.74, 6) is 0.482. The second kappa shape index (κ2) is 5.98. The van der Waals surface area contributed by atoms with Gasteiger partial charge in [-0.3, -0.25) is 9.59 Å². The standard InChI is InChI=1S/C17H30N2O2/c1-6-12(4)13-16(21)19(10-17(5)8-7-9-17)14(11(2)3)15(20)18-13/h11-14H,6-10H2,1-5H3,(H,18,20). The minimum atomic E-state index is -0.346. The first-order valence-electron chi connectivity index (χ1n) is 8.40. The maximum atomic E-state index is 12.9. The van der Waals surface area contributed by atoms with E-state index in [0.29, 0.717) is 0 Å². The molecule has 2 rings (SSSR count). The minimum absolute atomic E-state index is 0.0258. The van der Waals surface area contributed by atoms with Crippen LogP contribution in [0.3, 0.4) is 0 Å². The summed E-state index contributed by atoms with van der Waals surface area (Å²) >= 11 is 0. The smallest absolute Gasteiger partial charge is 0.246 e. The van der Waals surface area contributed by atoms with Gasteiger partial charge in [0.15, 0.2) is 0 Å². The van der Waals surface area contributed by atoms with Gasteiger partial charge in [0.25, 0.3) is 0 Å². The van der Waals surface area contributed by atoms with Crippen LogP contribution in [0.2, 0.25) is 0 Å². The van der Waals surface area contributed by atoms with Crippen LogP contribution in [-0.2, 0) is 9.59 Å². The van der Waals surface area contributed by atoms with Gasteiger partial charge < -0.3 is 10.2 Å². The highest BCUT2D eigenvalue weighted by Crippen LogP contribution is 2.42. The number of amides is 2. The van der Waals surface area contributed by atoms with Gasteiger partial charge in [0, 0.05) is 6.54 Å². The molecule has 3 unspecified atom stereocenters. The molecule has 1 heterocycles. The molecule has 3 atom stereocenters. The Kier molecular flexibility index (Phi) is 4.64. The van der Waals surface area contributed by atoms with Crippen LogP contribution < -0.4 is 5.32 Å². The topological polar surface area (TPSA) is 49.4 Å². The maximum absolute atomic E-state index is 12.9. The molecule has 0 radical (unpaired) electrons. The Bertz CT molecular complexity index is 415. The second-order valence-electron chi connectivity index (χ2n) is 7.69. The summed E-state index contributed by atoms with van der Waals surface area (Å²) in [5, 5.41) is 2.97. The zero-order valence-electron chi connectivity index (χ0n) is 14.1. The third kappa shape index (κ3) is 3.09. The molecule has 4 heteroatoms. The van der Waals surface area contributed by atoms with Crippen LogP contribution in [0.5, 0.6) is 0 Å². The highest BCUT2D eigenvalue weighted by Gasteiger charge is 2.46. The van der Waals surface area contributed by atoms with Crippen LogP contribution in [0.1, 0.15) is 60.3 Å². The van der Waals surface area contributed by atoms with Gasteiger partial charge in [-0.15, -0.1) is 0 Å². The average molecular weight is 294 g/mol. The van der Waals surface area contributed by atoms with E-state index in [1.165, 1.54) is 6.42 Å². The molecule has 1 saturated heterocycles. The van der Waals surface area contributed by atoms with Crippen molar-refractivity contribution in [2.45, 2.75) is 72.4 Å². The molecule has 120 valence electrons. The molecule has 0 spiro atoms.